The molecule has 172 valence electrons. The smallest absolute Gasteiger partial charge is 0.309 e. The highest BCUT2D eigenvalue weighted by Gasteiger charge is 2.32. The fraction of sp³-hybridized carbons (Fsp3) is 0.579. The summed E-state index contributed by atoms with van der Waals surface area (Å²) in [6, 6.07) is 8.13. The Labute approximate surface area is 182 Å². The maximum absolute atomic E-state index is 12.7. The molecule has 0 radical (unpaired) electrons. The Morgan fingerprint density at radius 3 is 2.03 bits per heavy atom. The van der Waals surface area contributed by atoms with Crippen LogP contribution in [0.15, 0.2) is 35.2 Å². The second-order valence-corrected chi connectivity index (χ2v) is 11.6. The zero-order valence-corrected chi connectivity index (χ0v) is 19.0. The molecule has 2 heterocycles. The second kappa shape index (κ2) is 9.63. The second-order valence-electron chi connectivity index (χ2n) is 7.64. The van der Waals surface area contributed by atoms with Gasteiger partial charge in [0.15, 0.2) is 6.61 Å². The van der Waals surface area contributed by atoms with E-state index in [0.717, 1.165) is 6.26 Å². The monoisotopic (exact) mass is 473 g/mol. The summed E-state index contributed by atoms with van der Waals surface area (Å²) >= 11 is 0. The Balaban J connectivity index is 1.44. The van der Waals surface area contributed by atoms with Crippen molar-refractivity contribution in [3.63, 3.8) is 0 Å². The van der Waals surface area contributed by atoms with Crippen molar-refractivity contribution in [1.29, 1.82) is 0 Å². The average Bonchev–Trinajstić information content (AvgIpc) is 2.77. The first kappa shape index (κ1) is 23.6. The lowest BCUT2D eigenvalue weighted by Gasteiger charge is -2.34. The van der Waals surface area contributed by atoms with Gasteiger partial charge in [0.05, 0.1) is 17.1 Å². The van der Waals surface area contributed by atoms with Crippen molar-refractivity contribution >= 4 is 31.9 Å². The molecular weight excluding hydrogens is 446 g/mol. The number of piperidine rings is 1. The quantitative estimate of drug-likeness (QED) is 0.522. The van der Waals surface area contributed by atoms with Crippen LogP contribution in [0.4, 0.5) is 0 Å². The van der Waals surface area contributed by atoms with Crippen molar-refractivity contribution < 1.29 is 31.2 Å². The van der Waals surface area contributed by atoms with Crippen molar-refractivity contribution in [1.82, 2.24) is 13.5 Å². The van der Waals surface area contributed by atoms with Gasteiger partial charge in [-0.3, -0.25) is 9.59 Å². The molecule has 1 aromatic rings. The Bertz CT molecular complexity index is 996. The first-order valence-corrected chi connectivity index (χ1v) is 13.3. The van der Waals surface area contributed by atoms with E-state index in [2.05, 4.69) is 0 Å². The van der Waals surface area contributed by atoms with Gasteiger partial charge < -0.3 is 9.64 Å². The minimum atomic E-state index is -3.60. The lowest BCUT2D eigenvalue weighted by atomic mass is 9.98. The van der Waals surface area contributed by atoms with Crippen LogP contribution in [0.25, 0.3) is 0 Å². The summed E-state index contributed by atoms with van der Waals surface area (Å²) in [5, 5.41) is 0. The van der Waals surface area contributed by atoms with E-state index >= 15 is 0 Å². The summed E-state index contributed by atoms with van der Waals surface area (Å²) in [5.41, 5.74) is 0. The van der Waals surface area contributed by atoms with E-state index in [-0.39, 0.29) is 50.1 Å². The number of carbonyl (C=O) groups excluding carboxylic acids is 2. The van der Waals surface area contributed by atoms with E-state index in [1.165, 1.54) is 25.6 Å². The molecule has 0 aromatic heterocycles. The van der Waals surface area contributed by atoms with Crippen LogP contribution < -0.4 is 0 Å². The van der Waals surface area contributed by atoms with Gasteiger partial charge >= 0.3 is 5.97 Å². The lowest BCUT2D eigenvalue weighted by Crippen LogP contribution is -2.51. The number of carbonyl (C=O) groups is 2. The third-order valence-corrected chi connectivity index (χ3v) is 8.78. The van der Waals surface area contributed by atoms with Gasteiger partial charge in [0, 0.05) is 39.3 Å². The molecule has 0 unspecified atom stereocenters. The van der Waals surface area contributed by atoms with Crippen LogP contribution in [0, 0.1) is 5.92 Å². The maximum Gasteiger partial charge on any atom is 0.309 e. The number of benzene rings is 1. The minimum Gasteiger partial charge on any atom is -0.455 e. The molecule has 2 fully saturated rings. The molecule has 0 saturated carbocycles. The molecule has 3 rings (SSSR count). The highest BCUT2D eigenvalue weighted by molar-refractivity contribution is 7.89. The van der Waals surface area contributed by atoms with Crippen molar-refractivity contribution in [2.24, 2.45) is 5.92 Å². The number of nitrogens with zero attached hydrogens (tertiary/aromatic N) is 3. The Morgan fingerprint density at radius 2 is 1.48 bits per heavy atom. The van der Waals surface area contributed by atoms with Gasteiger partial charge in [-0.05, 0) is 25.0 Å². The van der Waals surface area contributed by atoms with Crippen LogP contribution in [0.1, 0.15) is 12.8 Å². The Hall–Kier alpha value is -2.02. The molecule has 0 bridgehead atoms. The number of amides is 1. The van der Waals surface area contributed by atoms with Crippen molar-refractivity contribution in [3.05, 3.63) is 30.3 Å². The van der Waals surface area contributed by atoms with Crippen LogP contribution in [0.3, 0.4) is 0 Å². The fourth-order valence-corrected chi connectivity index (χ4v) is 6.00. The molecule has 31 heavy (non-hydrogen) atoms. The zero-order chi connectivity index (χ0) is 22.6. The summed E-state index contributed by atoms with van der Waals surface area (Å²) in [6.07, 6.45) is 1.85. The molecule has 1 amide bonds. The molecule has 2 saturated heterocycles. The van der Waals surface area contributed by atoms with Gasteiger partial charge in [0.1, 0.15) is 0 Å². The van der Waals surface area contributed by atoms with Gasteiger partial charge in [0.25, 0.3) is 5.91 Å². The Morgan fingerprint density at radius 1 is 0.903 bits per heavy atom. The van der Waals surface area contributed by atoms with Crippen molar-refractivity contribution in [2.75, 3.05) is 52.1 Å². The minimum absolute atomic E-state index is 0.168. The van der Waals surface area contributed by atoms with Crippen LogP contribution in [-0.4, -0.2) is 94.4 Å². The van der Waals surface area contributed by atoms with Gasteiger partial charge in [-0.1, -0.05) is 18.2 Å². The molecule has 0 spiro atoms. The third kappa shape index (κ3) is 5.82. The molecule has 2 aliphatic rings. The van der Waals surface area contributed by atoms with Gasteiger partial charge in [-0.25, -0.2) is 21.1 Å². The highest BCUT2D eigenvalue weighted by Crippen LogP contribution is 2.21. The molecule has 0 N–H and O–H groups in total. The standard InChI is InChI=1S/C19H27N3O7S2/c1-30(25,26)21-9-7-16(8-10-21)19(24)29-15-18(23)20-11-13-22(14-12-20)31(27,28)17-5-3-2-4-6-17/h2-6,16H,7-15H2,1H3. The lowest BCUT2D eigenvalue weighted by molar-refractivity contribution is -0.156. The predicted molar refractivity (Wildman–Crippen MR) is 112 cm³/mol. The molecule has 1 aromatic carbocycles. The van der Waals surface area contributed by atoms with Crippen molar-refractivity contribution in [3.8, 4) is 0 Å². The highest BCUT2D eigenvalue weighted by atomic mass is 32.2. The topological polar surface area (TPSA) is 121 Å². The maximum atomic E-state index is 12.7. The molecule has 10 nitrogen and oxygen atoms in total. The zero-order valence-electron chi connectivity index (χ0n) is 17.3. The number of hydrogen-bond acceptors (Lipinski definition) is 7. The molecule has 12 heteroatoms. The number of esters is 1. The number of rotatable bonds is 6. The van der Waals surface area contributed by atoms with Gasteiger partial charge in [-0.15, -0.1) is 0 Å². The first-order valence-electron chi connectivity index (χ1n) is 10.0. The summed E-state index contributed by atoms with van der Waals surface area (Å²) in [4.78, 5) is 26.3. The Kier molecular flexibility index (Phi) is 7.35. The number of piperazine rings is 1. The summed E-state index contributed by atoms with van der Waals surface area (Å²) in [5.74, 6) is -1.32. The van der Waals surface area contributed by atoms with Crippen LogP contribution in [0.2, 0.25) is 0 Å². The van der Waals surface area contributed by atoms with Crippen molar-refractivity contribution in [2.45, 2.75) is 17.7 Å². The van der Waals surface area contributed by atoms with E-state index in [1.807, 2.05) is 0 Å². The number of hydrogen-bond donors (Lipinski definition) is 0. The summed E-state index contributed by atoms with van der Waals surface area (Å²) in [6.45, 7) is 0.872. The average molecular weight is 474 g/mol. The van der Waals surface area contributed by atoms with Crippen LogP contribution in [-0.2, 0) is 34.4 Å². The number of ether oxygens (including phenoxy) is 1. The fourth-order valence-electron chi connectivity index (χ4n) is 3.68. The molecular formula is C19H27N3O7S2. The molecule has 2 aliphatic heterocycles. The SMILES string of the molecule is CS(=O)(=O)N1CCC(C(=O)OCC(=O)N2CCN(S(=O)(=O)c3ccccc3)CC2)CC1. The molecule has 0 atom stereocenters. The normalized spacial score (nSPS) is 19.8. The number of sulfonamides is 2. The predicted octanol–water partition coefficient (Wildman–Crippen LogP) is -0.266. The van der Waals surface area contributed by atoms with E-state index in [4.69, 9.17) is 4.74 Å². The summed E-state index contributed by atoms with van der Waals surface area (Å²) < 4.78 is 56.2. The third-order valence-electron chi connectivity index (χ3n) is 5.57. The van der Waals surface area contributed by atoms with E-state index in [1.54, 1.807) is 18.2 Å². The van der Waals surface area contributed by atoms with E-state index in [0.29, 0.717) is 12.8 Å². The molecule has 0 aliphatic carbocycles. The van der Waals surface area contributed by atoms with E-state index in [9.17, 15) is 26.4 Å². The van der Waals surface area contributed by atoms with Gasteiger partial charge in [0.2, 0.25) is 20.0 Å². The van der Waals surface area contributed by atoms with Crippen LogP contribution in [0.5, 0.6) is 0 Å². The van der Waals surface area contributed by atoms with Gasteiger partial charge in [-0.2, -0.15) is 4.31 Å². The first-order chi connectivity index (χ1) is 14.6. The van der Waals surface area contributed by atoms with Crippen LogP contribution >= 0.6 is 0 Å². The summed E-state index contributed by atoms with van der Waals surface area (Å²) in [7, 11) is -6.88. The van der Waals surface area contributed by atoms with E-state index < -0.39 is 38.5 Å². The largest absolute Gasteiger partial charge is 0.455 e.